The van der Waals surface area contributed by atoms with Crippen LogP contribution >= 0.6 is 0 Å². The lowest BCUT2D eigenvalue weighted by atomic mass is 10.0. The van der Waals surface area contributed by atoms with Gasteiger partial charge in [0, 0.05) is 0 Å². The molecule has 0 saturated heterocycles. The van der Waals surface area contributed by atoms with Gasteiger partial charge in [-0.25, -0.2) is 36.7 Å². The summed E-state index contributed by atoms with van der Waals surface area (Å²) in [7, 11) is 0. The molecule has 8 aromatic rings. The van der Waals surface area contributed by atoms with Crippen LogP contribution in [0.2, 0.25) is 0 Å². The van der Waals surface area contributed by atoms with Gasteiger partial charge >= 0.3 is 23.9 Å². The predicted octanol–water partition coefficient (Wildman–Crippen LogP) is 10.0. The number of hydrogen-bond acceptors (Lipinski definition) is 8. The van der Waals surface area contributed by atoms with E-state index in [0.29, 0.717) is 21.5 Å². The molecule has 1 aliphatic rings. The number of halogens is 4. The summed E-state index contributed by atoms with van der Waals surface area (Å²) in [5.74, 6) is -8.67. The lowest BCUT2D eigenvalue weighted by Gasteiger charge is -2.17. The zero-order valence-electron chi connectivity index (χ0n) is 28.3. The Morgan fingerprint density at radius 1 is 0.268 bits per heavy atom. The predicted molar refractivity (Wildman–Crippen MR) is 195 cm³/mol. The first kappa shape index (κ1) is 34.2. The van der Waals surface area contributed by atoms with Crippen molar-refractivity contribution in [1.29, 1.82) is 0 Å². The maximum Gasteiger partial charge on any atom is 0.347 e. The minimum Gasteiger partial charge on any atom is -0.422 e. The van der Waals surface area contributed by atoms with Crippen LogP contribution in [0, 0.1) is 23.3 Å². The van der Waals surface area contributed by atoms with Crippen molar-refractivity contribution in [2.45, 2.75) is 0 Å². The van der Waals surface area contributed by atoms with Crippen LogP contribution in [0.3, 0.4) is 0 Å². The fraction of sp³-hybridized carbons (Fsp3) is 0. The fourth-order valence-electron chi connectivity index (χ4n) is 6.59. The second-order valence-electron chi connectivity index (χ2n) is 12.9. The normalized spacial score (nSPS) is 13.4. The van der Waals surface area contributed by atoms with Crippen molar-refractivity contribution in [3.63, 3.8) is 0 Å². The molecule has 8 nitrogen and oxygen atoms in total. The van der Waals surface area contributed by atoms with E-state index in [2.05, 4.69) is 0 Å². The highest BCUT2D eigenvalue weighted by atomic mass is 19.1. The maximum atomic E-state index is 14.4. The van der Waals surface area contributed by atoms with Crippen molar-refractivity contribution in [2.24, 2.45) is 0 Å². The molecular formula is C44H20F4O8. The Labute approximate surface area is 312 Å². The van der Waals surface area contributed by atoms with Gasteiger partial charge in [0.05, 0.1) is 0 Å². The summed E-state index contributed by atoms with van der Waals surface area (Å²) < 4.78 is 80.5. The van der Waals surface area contributed by atoms with E-state index in [4.69, 9.17) is 18.9 Å². The summed E-state index contributed by atoms with van der Waals surface area (Å²) in [6.07, 6.45) is 0. The lowest BCUT2D eigenvalue weighted by Crippen LogP contribution is -2.20. The molecule has 9 rings (SSSR count). The molecule has 56 heavy (non-hydrogen) atoms. The molecule has 0 unspecified atom stereocenters. The van der Waals surface area contributed by atoms with Gasteiger partial charge in [0.25, 0.3) is 0 Å². The van der Waals surface area contributed by atoms with E-state index in [-0.39, 0.29) is 43.8 Å². The number of fused-ring (bicyclic) bond motifs is 8. The van der Waals surface area contributed by atoms with E-state index in [1.165, 1.54) is 72.8 Å². The molecule has 0 N–H and O–H groups in total. The Balaban J connectivity index is 1.29. The van der Waals surface area contributed by atoms with Crippen molar-refractivity contribution in [1.82, 2.24) is 0 Å². The number of carbonyl (C=O) groups excluding carboxylic acids is 4. The van der Waals surface area contributed by atoms with Crippen LogP contribution in [0.4, 0.5) is 17.6 Å². The Morgan fingerprint density at radius 2 is 0.482 bits per heavy atom. The molecule has 0 aliphatic carbocycles. The molecule has 0 fully saturated rings. The van der Waals surface area contributed by atoms with Crippen molar-refractivity contribution < 1.29 is 55.7 Å². The first-order chi connectivity index (χ1) is 26.9. The molecule has 8 aromatic carbocycles. The summed E-state index contributed by atoms with van der Waals surface area (Å²) >= 11 is 0. The molecule has 1 aliphatic heterocycles. The van der Waals surface area contributed by atoms with Gasteiger partial charge < -0.3 is 18.9 Å². The first-order valence-electron chi connectivity index (χ1n) is 16.8. The zero-order valence-corrected chi connectivity index (χ0v) is 28.3. The van der Waals surface area contributed by atoms with Gasteiger partial charge in [-0.2, -0.15) is 0 Å². The van der Waals surface area contributed by atoms with E-state index in [1.807, 2.05) is 0 Å². The van der Waals surface area contributed by atoms with Crippen LogP contribution in [0.25, 0.3) is 43.1 Å². The average Bonchev–Trinajstić information content (AvgIpc) is 3.16. The van der Waals surface area contributed by atoms with Crippen LogP contribution in [-0.4, -0.2) is 23.9 Å². The van der Waals surface area contributed by atoms with Crippen LogP contribution in [0.15, 0.2) is 121 Å². The standard InChI is InChI=1S/C44H20F4O8/c45-29-5-1-21-13-33-37(17-25(21)9-29)53-42(50)35-15-23-3-7-31(47)11-27(23)19-39(35)55-44(52)36-16-24-4-8-32(48)12-28(24)20-40(36)56-43(51)34-14-22-2-6-30(46)10-26(22)18-38(34)54-41(33)49/h1-20H. The number of hydrogen-bond donors (Lipinski definition) is 0. The Morgan fingerprint density at radius 3 is 0.696 bits per heavy atom. The van der Waals surface area contributed by atoms with Gasteiger partial charge in [0.2, 0.25) is 0 Å². The molecule has 0 radical (unpaired) electrons. The fourth-order valence-corrected chi connectivity index (χ4v) is 6.59. The molecule has 0 bridgehead atoms. The molecule has 0 amide bonds. The highest BCUT2D eigenvalue weighted by molar-refractivity contribution is 6.08. The third-order valence-corrected chi connectivity index (χ3v) is 9.29. The van der Waals surface area contributed by atoms with Crippen LogP contribution in [0.1, 0.15) is 41.4 Å². The number of rotatable bonds is 0. The third kappa shape index (κ3) is 6.18. The number of ether oxygens (including phenoxy) is 4. The van der Waals surface area contributed by atoms with E-state index in [9.17, 15) is 36.7 Å². The topological polar surface area (TPSA) is 105 Å². The highest BCUT2D eigenvalue weighted by Gasteiger charge is 2.28. The second kappa shape index (κ2) is 13.1. The Hall–Kier alpha value is -7.60. The van der Waals surface area contributed by atoms with Gasteiger partial charge in [-0.15, -0.1) is 0 Å². The number of esters is 4. The van der Waals surface area contributed by atoms with Gasteiger partial charge in [-0.3, -0.25) is 0 Å². The molecule has 0 saturated carbocycles. The monoisotopic (exact) mass is 752 g/mol. The minimum absolute atomic E-state index is 0.230. The Kier molecular flexibility index (Phi) is 7.97. The largest absolute Gasteiger partial charge is 0.422 e. The first-order valence-corrected chi connectivity index (χ1v) is 16.8. The molecular weight excluding hydrogens is 732 g/mol. The minimum atomic E-state index is -1.14. The van der Waals surface area contributed by atoms with E-state index < -0.39 is 70.1 Å². The van der Waals surface area contributed by atoms with Gasteiger partial charge in [-0.1, -0.05) is 24.3 Å². The highest BCUT2D eigenvalue weighted by Crippen LogP contribution is 2.36. The third-order valence-electron chi connectivity index (χ3n) is 9.29. The maximum absolute atomic E-state index is 14.4. The number of carbonyl (C=O) groups is 4. The average molecular weight is 753 g/mol. The van der Waals surface area contributed by atoms with E-state index in [0.717, 1.165) is 48.5 Å². The molecule has 0 aromatic heterocycles. The SMILES string of the molecule is O=C1Oc2cc3cc(F)ccc3cc2C(=O)Oc2cc3cc(F)ccc3cc2C(=O)Oc2cc3cc(F)ccc3cc2C(=O)Oc2cc3cc(F)ccc3cc21. The smallest absolute Gasteiger partial charge is 0.347 e. The van der Waals surface area contributed by atoms with Gasteiger partial charge in [-0.05, 0) is 140 Å². The lowest BCUT2D eigenvalue weighted by molar-refractivity contribution is 0.0688. The van der Waals surface area contributed by atoms with Crippen LogP contribution < -0.4 is 18.9 Å². The molecule has 0 spiro atoms. The van der Waals surface area contributed by atoms with Crippen molar-refractivity contribution in [2.75, 3.05) is 0 Å². The van der Waals surface area contributed by atoms with Crippen molar-refractivity contribution in [3.05, 3.63) is 167 Å². The summed E-state index contributed by atoms with van der Waals surface area (Å²) in [6, 6.07) is 24.8. The molecule has 272 valence electrons. The van der Waals surface area contributed by atoms with Gasteiger partial charge in [0.1, 0.15) is 68.5 Å². The molecule has 12 heteroatoms. The van der Waals surface area contributed by atoms with Gasteiger partial charge in [0.15, 0.2) is 0 Å². The quantitative estimate of drug-likeness (QED) is 0.0857. The summed E-state index contributed by atoms with van der Waals surface area (Å²) in [5, 5.41) is 2.29. The van der Waals surface area contributed by atoms with Crippen LogP contribution in [-0.2, 0) is 0 Å². The Bertz CT molecular complexity index is 2650. The second-order valence-corrected chi connectivity index (χ2v) is 12.9. The van der Waals surface area contributed by atoms with Crippen LogP contribution in [0.5, 0.6) is 23.0 Å². The van der Waals surface area contributed by atoms with Crippen molar-refractivity contribution >= 4 is 67.0 Å². The molecule has 0 atom stereocenters. The van der Waals surface area contributed by atoms with E-state index >= 15 is 0 Å². The van der Waals surface area contributed by atoms with Crippen molar-refractivity contribution in [3.8, 4) is 23.0 Å². The summed E-state index contributed by atoms with van der Waals surface area (Å²) in [4.78, 5) is 56.4. The number of benzene rings is 8. The van der Waals surface area contributed by atoms with E-state index in [1.54, 1.807) is 0 Å². The molecule has 1 heterocycles. The summed E-state index contributed by atoms with van der Waals surface area (Å²) in [6.45, 7) is 0. The zero-order chi connectivity index (χ0) is 38.8. The summed E-state index contributed by atoms with van der Waals surface area (Å²) in [5.41, 5.74) is -1.38.